The van der Waals surface area contributed by atoms with E-state index in [-0.39, 0.29) is 0 Å². The second kappa shape index (κ2) is 7.70. The molecule has 0 saturated heterocycles. The summed E-state index contributed by atoms with van der Waals surface area (Å²) < 4.78 is 29.3. The Kier molecular flexibility index (Phi) is 5.37. The number of para-hydroxylation sites is 2. The van der Waals surface area contributed by atoms with Gasteiger partial charge in [0.2, 0.25) is 5.91 Å². The summed E-state index contributed by atoms with van der Waals surface area (Å²) in [6, 6.07) is 11.3. The monoisotopic (exact) mass is 373 g/mol. The Morgan fingerprint density at radius 1 is 1.15 bits per heavy atom. The van der Waals surface area contributed by atoms with Crippen molar-refractivity contribution in [3.63, 3.8) is 0 Å². The summed E-state index contributed by atoms with van der Waals surface area (Å²) in [5, 5.41) is 2.34. The Bertz CT molecular complexity index is 922. The molecule has 0 fully saturated rings. The summed E-state index contributed by atoms with van der Waals surface area (Å²) in [7, 11) is 0. The number of amides is 1. The van der Waals surface area contributed by atoms with Crippen LogP contribution >= 0.6 is 11.8 Å². The maximum Gasteiger partial charge on any atom is 0.237 e. The van der Waals surface area contributed by atoms with Crippen LogP contribution in [0, 0.1) is 18.6 Å². The largest absolute Gasteiger partial charge is 0.320 e. The van der Waals surface area contributed by atoms with E-state index >= 15 is 0 Å². The molecule has 3 aromatic rings. The van der Waals surface area contributed by atoms with Crippen molar-refractivity contribution < 1.29 is 13.6 Å². The summed E-state index contributed by atoms with van der Waals surface area (Å²) >= 11 is 1.21. The van der Waals surface area contributed by atoms with E-state index in [1.807, 2.05) is 42.0 Å². The number of hydrogen-bond donors (Lipinski definition) is 1. The third kappa shape index (κ3) is 3.77. The van der Waals surface area contributed by atoms with Gasteiger partial charge >= 0.3 is 0 Å². The van der Waals surface area contributed by atoms with Crippen molar-refractivity contribution in [2.75, 3.05) is 5.32 Å². The zero-order valence-electron chi connectivity index (χ0n) is 14.2. The van der Waals surface area contributed by atoms with Crippen LogP contribution < -0.4 is 5.32 Å². The van der Waals surface area contributed by atoms with Crippen molar-refractivity contribution in [2.45, 2.75) is 24.3 Å². The first kappa shape index (κ1) is 18.1. The normalized spacial score (nSPS) is 12.0. The van der Waals surface area contributed by atoms with E-state index in [1.54, 1.807) is 13.1 Å². The average molecular weight is 373 g/mol. The van der Waals surface area contributed by atoms with Gasteiger partial charge in [-0.05, 0) is 37.6 Å². The van der Waals surface area contributed by atoms with Crippen LogP contribution in [-0.2, 0) is 4.79 Å². The molecule has 1 heterocycles. The summed E-state index contributed by atoms with van der Waals surface area (Å²) in [6.45, 7) is 3.65. The molecule has 1 amide bonds. The third-order valence-electron chi connectivity index (χ3n) is 3.84. The second-order valence-corrected chi connectivity index (χ2v) is 7.02. The van der Waals surface area contributed by atoms with Crippen LogP contribution in [0.4, 0.5) is 14.5 Å². The van der Waals surface area contributed by atoms with Crippen molar-refractivity contribution >= 4 is 23.4 Å². The van der Waals surface area contributed by atoms with Crippen molar-refractivity contribution in [1.29, 1.82) is 0 Å². The molecule has 1 N–H and O–H groups in total. The number of benzene rings is 2. The number of thioether (sulfide) groups is 1. The molecule has 7 heteroatoms. The standard InChI is InChI=1S/C19H17F2N3OS/c1-12-6-3-4-9-16(12)24-11-10-22-19(24)26-13(2)18(25)23-17-14(20)7-5-8-15(17)21/h3-11,13H,1-2H3,(H,23,25). The Morgan fingerprint density at radius 3 is 2.54 bits per heavy atom. The maximum absolute atomic E-state index is 13.7. The molecule has 1 aromatic heterocycles. The van der Waals surface area contributed by atoms with Crippen LogP contribution in [0.1, 0.15) is 12.5 Å². The van der Waals surface area contributed by atoms with Gasteiger partial charge in [0.05, 0.1) is 10.9 Å². The van der Waals surface area contributed by atoms with Crippen molar-refractivity contribution in [3.8, 4) is 5.69 Å². The highest BCUT2D eigenvalue weighted by Crippen LogP contribution is 2.27. The Balaban J connectivity index is 1.77. The second-order valence-electron chi connectivity index (χ2n) is 5.71. The minimum atomic E-state index is -0.808. The van der Waals surface area contributed by atoms with E-state index in [1.165, 1.54) is 17.8 Å². The summed E-state index contributed by atoms with van der Waals surface area (Å²) in [4.78, 5) is 16.7. The van der Waals surface area contributed by atoms with Crippen molar-refractivity contribution in [3.05, 3.63) is 72.1 Å². The van der Waals surface area contributed by atoms with Gasteiger partial charge in [-0.1, -0.05) is 36.0 Å². The predicted octanol–water partition coefficient (Wildman–Crippen LogP) is 4.58. The molecule has 1 atom stereocenters. The molecule has 0 radical (unpaired) electrons. The van der Waals surface area contributed by atoms with Gasteiger partial charge in [-0.25, -0.2) is 13.8 Å². The lowest BCUT2D eigenvalue weighted by atomic mass is 10.2. The van der Waals surface area contributed by atoms with Crippen LogP contribution in [0.2, 0.25) is 0 Å². The fourth-order valence-electron chi connectivity index (χ4n) is 2.45. The molecule has 26 heavy (non-hydrogen) atoms. The zero-order chi connectivity index (χ0) is 18.7. The highest BCUT2D eigenvalue weighted by Gasteiger charge is 2.20. The van der Waals surface area contributed by atoms with E-state index in [0.29, 0.717) is 5.16 Å². The van der Waals surface area contributed by atoms with E-state index in [4.69, 9.17) is 0 Å². The molecule has 0 saturated carbocycles. The van der Waals surface area contributed by atoms with Gasteiger partial charge in [0, 0.05) is 12.4 Å². The number of aromatic nitrogens is 2. The minimum absolute atomic E-state index is 0.438. The highest BCUT2D eigenvalue weighted by molar-refractivity contribution is 8.00. The van der Waals surface area contributed by atoms with Gasteiger partial charge in [-0.15, -0.1) is 0 Å². The lowest BCUT2D eigenvalue weighted by Crippen LogP contribution is -2.24. The number of nitrogens with one attached hydrogen (secondary N) is 1. The third-order valence-corrected chi connectivity index (χ3v) is 4.92. The van der Waals surface area contributed by atoms with Crippen LogP contribution in [0.25, 0.3) is 5.69 Å². The number of carbonyl (C=O) groups excluding carboxylic acids is 1. The van der Waals surface area contributed by atoms with Crippen LogP contribution in [0.5, 0.6) is 0 Å². The number of nitrogens with zero attached hydrogens (tertiary/aromatic N) is 2. The summed E-state index contributed by atoms with van der Waals surface area (Å²) in [5.41, 5.74) is 1.59. The van der Waals surface area contributed by atoms with Gasteiger partial charge in [0.25, 0.3) is 0 Å². The van der Waals surface area contributed by atoms with E-state index < -0.39 is 28.5 Å². The first-order valence-corrected chi connectivity index (χ1v) is 8.86. The number of halogens is 2. The Labute approximate surface area is 154 Å². The number of rotatable bonds is 5. The highest BCUT2D eigenvalue weighted by atomic mass is 32.2. The number of hydrogen-bond acceptors (Lipinski definition) is 3. The lowest BCUT2D eigenvalue weighted by molar-refractivity contribution is -0.115. The SMILES string of the molecule is Cc1ccccc1-n1ccnc1SC(C)C(=O)Nc1c(F)cccc1F. The first-order valence-electron chi connectivity index (χ1n) is 7.98. The van der Waals surface area contributed by atoms with Gasteiger partial charge in [-0.2, -0.15) is 0 Å². The van der Waals surface area contributed by atoms with Crippen molar-refractivity contribution in [1.82, 2.24) is 9.55 Å². The molecule has 0 bridgehead atoms. The minimum Gasteiger partial charge on any atom is -0.320 e. The van der Waals surface area contributed by atoms with E-state index in [0.717, 1.165) is 23.4 Å². The fourth-order valence-corrected chi connectivity index (χ4v) is 3.32. The summed E-state index contributed by atoms with van der Waals surface area (Å²) in [5.74, 6) is -2.12. The molecular weight excluding hydrogens is 356 g/mol. The molecule has 134 valence electrons. The number of carbonyl (C=O) groups is 1. The number of anilines is 1. The number of imidazole rings is 1. The van der Waals surface area contributed by atoms with Crippen LogP contribution in [0.15, 0.2) is 60.0 Å². The molecule has 3 rings (SSSR count). The fraction of sp³-hybridized carbons (Fsp3) is 0.158. The maximum atomic E-state index is 13.7. The molecule has 0 aliphatic carbocycles. The predicted molar refractivity (Wildman–Crippen MR) is 98.6 cm³/mol. The lowest BCUT2D eigenvalue weighted by Gasteiger charge is -2.14. The molecule has 0 spiro atoms. The van der Waals surface area contributed by atoms with Gasteiger partial charge < -0.3 is 5.32 Å². The molecule has 1 unspecified atom stereocenters. The Hall–Kier alpha value is -2.67. The quantitative estimate of drug-likeness (QED) is 0.666. The smallest absolute Gasteiger partial charge is 0.237 e. The molecule has 0 aliphatic rings. The van der Waals surface area contributed by atoms with E-state index in [9.17, 15) is 13.6 Å². The average Bonchev–Trinajstić information content (AvgIpc) is 3.06. The van der Waals surface area contributed by atoms with Gasteiger partial charge in [0.15, 0.2) is 5.16 Å². The number of aryl methyl sites for hydroxylation is 1. The van der Waals surface area contributed by atoms with E-state index in [2.05, 4.69) is 10.3 Å². The van der Waals surface area contributed by atoms with Crippen LogP contribution in [0.3, 0.4) is 0 Å². The molecule has 4 nitrogen and oxygen atoms in total. The molecule has 0 aliphatic heterocycles. The molecular formula is C19H17F2N3OS. The topological polar surface area (TPSA) is 46.9 Å². The molecule has 2 aromatic carbocycles. The summed E-state index contributed by atoms with van der Waals surface area (Å²) in [6.07, 6.45) is 3.46. The Morgan fingerprint density at radius 2 is 1.85 bits per heavy atom. The first-order chi connectivity index (χ1) is 12.5. The van der Waals surface area contributed by atoms with Crippen LogP contribution in [-0.4, -0.2) is 20.7 Å². The van der Waals surface area contributed by atoms with Gasteiger partial charge in [-0.3, -0.25) is 9.36 Å². The zero-order valence-corrected chi connectivity index (χ0v) is 15.1. The van der Waals surface area contributed by atoms with Gasteiger partial charge in [0.1, 0.15) is 17.3 Å². The van der Waals surface area contributed by atoms with Crippen molar-refractivity contribution in [2.24, 2.45) is 0 Å².